The van der Waals surface area contributed by atoms with Crippen LogP contribution < -0.4 is 5.32 Å². The molecular formula is C16H24BrNO. The first kappa shape index (κ1) is 16.2. The van der Waals surface area contributed by atoms with E-state index in [4.69, 9.17) is 0 Å². The second-order valence-electron chi connectivity index (χ2n) is 5.12. The van der Waals surface area contributed by atoms with Gasteiger partial charge in [-0.3, -0.25) is 4.79 Å². The van der Waals surface area contributed by atoms with Gasteiger partial charge < -0.3 is 5.32 Å². The second kappa shape index (κ2) is 8.36. The molecule has 1 N–H and O–H groups in total. The van der Waals surface area contributed by atoms with E-state index in [1.807, 2.05) is 25.1 Å². The number of carbonyl (C=O) groups is 1. The fourth-order valence-electron chi connectivity index (χ4n) is 2.22. The van der Waals surface area contributed by atoms with Crippen LogP contribution in [-0.2, 0) is 0 Å². The number of halogens is 1. The van der Waals surface area contributed by atoms with Crippen molar-refractivity contribution in [3.8, 4) is 0 Å². The topological polar surface area (TPSA) is 29.1 Å². The van der Waals surface area contributed by atoms with Crippen molar-refractivity contribution < 1.29 is 4.79 Å². The Balaban J connectivity index is 2.69. The Hall–Kier alpha value is -0.830. The Morgan fingerprint density at radius 3 is 2.53 bits per heavy atom. The highest BCUT2D eigenvalue weighted by atomic mass is 79.9. The average Bonchev–Trinajstić information content (AvgIpc) is 2.35. The van der Waals surface area contributed by atoms with Gasteiger partial charge in [0.25, 0.3) is 5.91 Å². The predicted molar refractivity (Wildman–Crippen MR) is 84.6 cm³/mol. The van der Waals surface area contributed by atoms with Gasteiger partial charge in [0.1, 0.15) is 0 Å². The molecule has 2 nitrogen and oxygen atoms in total. The summed E-state index contributed by atoms with van der Waals surface area (Å²) >= 11 is 3.44. The van der Waals surface area contributed by atoms with Crippen LogP contribution in [0.5, 0.6) is 0 Å². The van der Waals surface area contributed by atoms with Gasteiger partial charge in [0.2, 0.25) is 0 Å². The Kier molecular flexibility index (Phi) is 7.14. The fraction of sp³-hybridized carbons (Fsp3) is 0.562. The summed E-state index contributed by atoms with van der Waals surface area (Å²) in [4.78, 5) is 12.3. The lowest BCUT2D eigenvalue weighted by molar-refractivity contribution is 0.0932. The third kappa shape index (κ3) is 5.77. The normalized spacial score (nSPS) is 12.2. The first-order valence-corrected chi connectivity index (χ1v) is 7.94. The lowest BCUT2D eigenvalue weighted by atomic mass is 10.0. The van der Waals surface area contributed by atoms with E-state index < -0.39 is 0 Å². The van der Waals surface area contributed by atoms with Crippen molar-refractivity contribution >= 4 is 21.8 Å². The molecule has 19 heavy (non-hydrogen) atoms. The molecule has 0 heterocycles. The van der Waals surface area contributed by atoms with E-state index in [0.29, 0.717) is 6.04 Å². The molecule has 0 spiro atoms. The number of amides is 1. The van der Waals surface area contributed by atoms with Crippen molar-refractivity contribution in [3.63, 3.8) is 0 Å². The van der Waals surface area contributed by atoms with Gasteiger partial charge in [0, 0.05) is 16.1 Å². The van der Waals surface area contributed by atoms with Crippen LogP contribution in [0.15, 0.2) is 22.7 Å². The number of aryl methyl sites for hydroxylation is 1. The maximum Gasteiger partial charge on any atom is 0.251 e. The van der Waals surface area contributed by atoms with Crippen molar-refractivity contribution in [1.82, 2.24) is 5.32 Å². The fourth-order valence-corrected chi connectivity index (χ4v) is 2.83. The van der Waals surface area contributed by atoms with Crippen molar-refractivity contribution in [2.75, 3.05) is 0 Å². The maximum atomic E-state index is 12.3. The van der Waals surface area contributed by atoms with Crippen molar-refractivity contribution in [2.45, 2.75) is 58.9 Å². The summed E-state index contributed by atoms with van der Waals surface area (Å²) in [5.74, 6) is 0.0407. The van der Waals surface area contributed by atoms with Crippen LogP contribution in [-0.4, -0.2) is 11.9 Å². The summed E-state index contributed by atoms with van der Waals surface area (Å²) in [6.45, 7) is 6.35. The van der Waals surface area contributed by atoms with Crippen LogP contribution in [0.4, 0.5) is 0 Å². The number of hydrogen-bond donors (Lipinski definition) is 1. The molecule has 1 aromatic rings. The molecular weight excluding hydrogens is 302 g/mol. The van der Waals surface area contributed by atoms with Gasteiger partial charge in [-0.25, -0.2) is 0 Å². The number of unbranched alkanes of at least 4 members (excludes halogenated alkanes) is 1. The third-order valence-corrected chi connectivity index (χ3v) is 3.64. The summed E-state index contributed by atoms with van der Waals surface area (Å²) in [5.41, 5.74) is 1.84. The number of rotatable bonds is 7. The number of nitrogens with one attached hydrogen (secondary N) is 1. The molecule has 0 aliphatic heterocycles. The van der Waals surface area contributed by atoms with Gasteiger partial charge in [-0.1, -0.05) is 49.0 Å². The molecule has 0 saturated carbocycles. The van der Waals surface area contributed by atoms with Gasteiger partial charge in [-0.05, 0) is 43.5 Å². The highest BCUT2D eigenvalue weighted by Crippen LogP contribution is 2.16. The lowest BCUT2D eigenvalue weighted by Crippen LogP contribution is -2.34. The molecule has 1 atom stereocenters. The van der Waals surface area contributed by atoms with Crippen LogP contribution >= 0.6 is 15.9 Å². The number of hydrogen-bond acceptors (Lipinski definition) is 1. The van der Waals surface area contributed by atoms with Gasteiger partial charge in [0.15, 0.2) is 0 Å². The highest BCUT2D eigenvalue weighted by Gasteiger charge is 2.13. The Morgan fingerprint density at radius 1 is 1.21 bits per heavy atom. The second-order valence-corrected chi connectivity index (χ2v) is 6.03. The van der Waals surface area contributed by atoms with Gasteiger partial charge in [0.05, 0.1) is 0 Å². The minimum absolute atomic E-state index is 0.0407. The first-order valence-electron chi connectivity index (χ1n) is 7.14. The molecule has 1 rings (SSSR count). The van der Waals surface area contributed by atoms with Crippen LogP contribution in [0.1, 0.15) is 61.9 Å². The standard InChI is InChI=1S/C16H24BrNO/c1-4-6-8-15(7-5-2)18-16(19)13-9-12(3)10-14(17)11-13/h9-11,15H,4-8H2,1-3H3,(H,18,19). The molecule has 0 saturated heterocycles. The van der Waals surface area contributed by atoms with E-state index in [1.165, 1.54) is 12.8 Å². The van der Waals surface area contributed by atoms with Crippen LogP contribution in [0.3, 0.4) is 0 Å². The van der Waals surface area contributed by atoms with E-state index >= 15 is 0 Å². The molecule has 106 valence electrons. The smallest absolute Gasteiger partial charge is 0.251 e. The highest BCUT2D eigenvalue weighted by molar-refractivity contribution is 9.10. The molecule has 0 radical (unpaired) electrons. The van der Waals surface area contributed by atoms with Crippen molar-refractivity contribution in [3.05, 3.63) is 33.8 Å². The van der Waals surface area contributed by atoms with E-state index in [2.05, 4.69) is 35.1 Å². The van der Waals surface area contributed by atoms with E-state index in [-0.39, 0.29) is 5.91 Å². The quantitative estimate of drug-likeness (QED) is 0.763. The van der Waals surface area contributed by atoms with Gasteiger partial charge in [-0.15, -0.1) is 0 Å². The van der Waals surface area contributed by atoms with Crippen molar-refractivity contribution in [1.29, 1.82) is 0 Å². The molecule has 0 aliphatic rings. The van der Waals surface area contributed by atoms with E-state index in [0.717, 1.165) is 34.9 Å². The number of carbonyl (C=O) groups excluding carboxylic acids is 1. The predicted octanol–water partition coefficient (Wildman–Crippen LogP) is 4.85. The number of benzene rings is 1. The van der Waals surface area contributed by atoms with Crippen LogP contribution in [0.2, 0.25) is 0 Å². The monoisotopic (exact) mass is 325 g/mol. The van der Waals surface area contributed by atoms with E-state index in [9.17, 15) is 4.79 Å². The average molecular weight is 326 g/mol. The van der Waals surface area contributed by atoms with Crippen molar-refractivity contribution in [2.24, 2.45) is 0 Å². The summed E-state index contributed by atoms with van der Waals surface area (Å²) in [6, 6.07) is 6.13. The molecule has 0 bridgehead atoms. The summed E-state index contributed by atoms with van der Waals surface area (Å²) in [6.07, 6.45) is 5.57. The van der Waals surface area contributed by atoms with Gasteiger partial charge in [-0.2, -0.15) is 0 Å². The molecule has 3 heteroatoms. The minimum Gasteiger partial charge on any atom is -0.349 e. The Morgan fingerprint density at radius 2 is 1.95 bits per heavy atom. The molecule has 0 fully saturated rings. The summed E-state index contributed by atoms with van der Waals surface area (Å²) in [5, 5.41) is 3.16. The molecule has 1 unspecified atom stereocenters. The third-order valence-electron chi connectivity index (χ3n) is 3.18. The molecule has 1 aromatic carbocycles. The zero-order valence-corrected chi connectivity index (χ0v) is 13.7. The Labute approximate surface area is 125 Å². The lowest BCUT2D eigenvalue weighted by Gasteiger charge is -2.18. The maximum absolute atomic E-state index is 12.3. The Bertz CT molecular complexity index is 397. The zero-order valence-electron chi connectivity index (χ0n) is 12.1. The first-order chi connectivity index (χ1) is 9.06. The van der Waals surface area contributed by atoms with Gasteiger partial charge >= 0.3 is 0 Å². The van der Waals surface area contributed by atoms with E-state index in [1.54, 1.807) is 0 Å². The summed E-state index contributed by atoms with van der Waals surface area (Å²) in [7, 11) is 0. The molecule has 1 amide bonds. The van der Waals surface area contributed by atoms with Crippen LogP contribution in [0.25, 0.3) is 0 Å². The zero-order chi connectivity index (χ0) is 14.3. The minimum atomic E-state index is 0.0407. The molecule has 0 aromatic heterocycles. The SMILES string of the molecule is CCCCC(CCC)NC(=O)c1cc(C)cc(Br)c1. The van der Waals surface area contributed by atoms with Crippen LogP contribution in [0, 0.1) is 6.92 Å². The largest absolute Gasteiger partial charge is 0.349 e. The molecule has 0 aliphatic carbocycles. The summed E-state index contributed by atoms with van der Waals surface area (Å²) < 4.78 is 0.957.